The van der Waals surface area contributed by atoms with Gasteiger partial charge in [-0.05, 0) is 58.7 Å². The molecule has 1 aromatic rings. The lowest BCUT2D eigenvalue weighted by molar-refractivity contribution is 0.431. The third kappa shape index (κ3) is 6.36. The molecule has 0 spiro atoms. The Balaban J connectivity index is 2.41. The summed E-state index contributed by atoms with van der Waals surface area (Å²) in [5.74, 6) is 0. The lowest BCUT2D eigenvalue weighted by Crippen LogP contribution is -2.36. The number of benzene rings is 1. The van der Waals surface area contributed by atoms with Crippen molar-refractivity contribution in [1.82, 2.24) is 5.32 Å². The molecule has 1 aromatic carbocycles. The maximum Gasteiger partial charge on any atom is 0.0210 e. The molecule has 100 valence electrons. The summed E-state index contributed by atoms with van der Waals surface area (Å²) in [6.07, 6.45) is 4.45. The molecule has 0 saturated carbocycles. The van der Waals surface area contributed by atoms with E-state index in [0.717, 1.165) is 19.4 Å². The Morgan fingerprint density at radius 2 is 1.94 bits per heavy atom. The summed E-state index contributed by atoms with van der Waals surface area (Å²) in [6, 6.07) is 8.42. The van der Waals surface area contributed by atoms with Gasteiger partial charge in [0.2, 0.25) is 0 Å². The van der Waals surface area contributed by atoms with Gasteiger partial charge in [-0.2, -0.15) is 0 Å². The van der Waals surface area contributed by atoms with Crippen LogP contribution in [0.4, 0.5) is 0 Å². The highest BCUT2D eigenvalue weighted by molar-refractivity contribution is 9.10. The molecule has 0 radical (unpaired) electrons. The van der Waals surface area contributed by atoms with E-state index in [2.05, 4.69) is 79.3 Å². The highest BCUT2D eigenvalue weighted by atomic mass is 79.9. The standard InChI is InChI=1S/C16H24BrN/c1-13(8-7-11-18-16(2,3)4)12-14-9-5-6-10-15(14)17/h5-6,8-10,18H,7,11-12H2,1-4H3. The van der Waals surface area contributed by atoms with E-state index in [4.69, 9.17) is 0 Å². The van der Waals surface area contributed by atoms with Gasteiger partial charge in [0.15, 0.2) is 0 Å². The van der Waals surface area contributed by atoms with Gasteiger partial charge in [-0.1, -0.05) is 45.8 Å². The fourth-order valence-electron chi connectivity index (χ4n) is 1.78. The van der Waals surface area contributed by atoms with E-state index in [0.29, 0.717) is 0 Å². The fraction of sp³-hybridized carbons (Fsp3) is 0.500. The number of nitrogens with one attached hydrogen (secondary N) is 1. The topological polar surface area (TPSA) is 12.0 Å². The van der Waals surface area contributed by atoms with Crippen LogP contribution in [0.15, 0.2) is 40.4 Å². The van der Waals surface area contributed by atoms with Gasteiger partial charge in [0.25, 0.3) is 0 Å². The second-order valence-corrected chi connectivity index (χ2v) is 6.64. The van der Waals surface area contributed by atoms with Crippen LogP contribution in [-0.4, -0.2) is 12.1 Å². The molecule has 0 fully saturated rings. The molecule has 1 N–H and O–H groups in total. The van der Waals surface area contributed by atoms with Crippen LogP contribution in [0, 0.1) is 0 Å². The summed E-state index contributed by atoms with van der Waals surface area (Å²) >= 11 is 3.59. The SMILES string of the molecule is CC(=CCCNC(C)(C)C)Cc1ccccc1Br. The number of hydrogen-bond acceptors (Lipinski definition) is 1. The van der Waals surface area contributed by atoms with Crippen LogP contribution in [0.3, 0.4) is 0 Å². The molecule has 1 rings (SSSR count). The van der Waals surface area contributed by atoms with E-state index < -0.39 is 0 Å². The third-order valence-corrected chi connectivity index (χ3v) is 3.49. The monoisotopic (exact) mass is 309 g/mol. The average molecular weight is 310 g/mol. The molecule has 0 aliphatic rings. The van der Waals surface area contributed by atoms with Crippen LogP contribution < -0.4 is 5.32 Å². The second-order valence-electron chi connectivity index (χ2n) is 5.78. The molecule has 0 aliphatic heterocycles. The first kappa shape index (κ1) is 15.5. The van der Waals surface area contributed by atoms with Crippen LogP contribution in [0.25, 0.3) is 0 Å². The summed E-state index contributed by atoms with van der Waals surface area (Å²) in [6.45, 7) is 9.84. The molecule has 0 amide bonds. The minimum Gasteiger partial charge on any atom is -0.312 e. The van der Waals surface area contributed by atoms with Crippen LogP contribution in [0.2, 0.25) is 0 Å². The van der Waals surface area contributed by atoms with E-state index >= 15 is 0 Å². The fourth-order valence-corrected chi connectivity index (χ4v) is 2.21. The van der Waals surface area contributed by atoms with E-state index in [1.807, 2.05) is 0 Å². The first-order valence-corrected chi connectivity index (χ1v) is 7.32. The molecule has 0 aliphatic carbocycles. The predicted octanol–water partition coefficient (Wildman–Crippen LogP) is 4.72. The molecule has 0 unspecified atom stereocenters. The normalized spacial score (nSPS) is 12.8. The second kappa shape index (κ2) is 7.10. The van der Waals surface area contributed by atoms with Crippen molar-refractivity contribution in [3.63, 3.8) is 0 Å². The molecule has 0 aromatic heterocycles. The number of halogens is 1. The van der Waals surface area contributed by atoms with Crippen LogP contribution in [0.5, 0.6) is 0 Å². The lowest BCUT2D eigenvalue weighted by Gasteiger charge is -2.19. The van der Waals surface area contributed by atoms with Crippen molar-refractivity contribution in [3.05, 3.63) is 46.0 Å². The van der Waals surface area contributed by atoms with Gasteiger partial charge in [-0.3, -0.25) is 0 Å². The van der Waals surface area contributed by atoms with Gasteiger partial charge < -0.3 is 5.32 Å². The Bertz CT molecular complexity index is 402. The van der Waals surface area contributed by atoms with E-state index in [1.165, 1.54) is 15.6 Å². The molecule has 0 saturated heterocycles. The molecular formula is C16H24BrN. The minimum atomic E-state index is 0.213. The number of allylic oxidation sites excluding steroid dienone is 1. The van der Waals surface area contributed by atoms with Crippen molar-refractivity contribution in [2.45, 2.75) is 46.1 Å². The molecule has 0 heterocycles. The zero-order valence-electron chi connectivity index (χ0n) is 11.9. The van der Waals surface area contributed by atoms with Crippen molar-refractivity contribution >= 4 is 15.9 Å². The zero-order valence-corrected chi connectivity index (χ0v) is 13.5. The largest absolute Gasteiger partial charge is 0.312 e. The van der Waals surface area contributed by atoms with E-state index in [9.17, 15) is 0 Å². The molecule has 0 bridgehead atoms. The van der Waals surface area contributed by atoms with Crippen LogP contribution >= 0.6 is 15.9 Å². The average Bonchev–Trinajstić information content (AvgIpc) is 2.26. The minimum absolute atomic E-state index is 0.213. The third-order valence-electron chi connectivity index (χ3n) is 2.72. The van der Waals surface area contributed by atoms with Gasteiger partial charge in [-0.15, -0.1) is 0 Å². The molecule has 2 heteroatoms. The van der Waals surface area contributed by atoms with Crippen molar-refractivity contribution in [2.75, 3.05) is 6.54 Å². The summed E-state index contributed by atoms with van der Waals surface area (Å²) in [5.41, 5.74) is 3.00. The zero-order chi connectivity index (χ0) is 13.6. The van der Waals surface area contributed by atoms with Gasteiger partial charge >= 0.3 is 0 Å². The first-order valence-electron chi connectivity index (χ1n) is 6.52. The Morgan fingerprint density at radius 3 is 2.56 bits per heavy atom. The van der Waals surface area contributed by atoms with Crippen LogP contribution in [0.1, 0.15) is 39.7 Å². The number of hydrogen-bond donors (Lipinski definition) is 1. The quantitative estimate of drug-likeness (QED) is 0.613. The first-order chi connectivity index (χ1) is 8.38. The van der Waals surface area contributed by atoms with Gasteiger partial charge in [0, 0.05) is 10.0 Å². The Hall–Kier alpha value is -0.600. The van der Waals surface area contributed by atoms with Crippen molar-refractivity contribution < 1.29 is 0 Å². The van der Waals surface area contributed by atoms with E-state index in [-0.39, 0.29) is 5.54 Å². The Labute approximate surface area is 120 Å². The molecule has 1 nitrogen and oxygen atoms in total. The predicted molar refractivity (Wildman–Crippen MR) is 84.0 cm³/mol. The Morgan fingerprint density at radius 1 is 1.28 bits per heavy atom. The molecular weight excluding hydrogens is 286 g/mol. The maximum atomic E-state index is 3.59. The smallest absolute Gasteiger partial charge is 0.0210 e. The van der Waals surface area contributed by atoms with Gasteiger partial charge in [0.05, 0.1) is 0 Å². The summed E-state index contributed by atoms with van der Waals surface area (Å²) in [5, 5.41) is 3.50. The van der Waals surface area contributed by atoms with Gasteiger partial charge in [-0.25, -0.2) is 0 Å². The lowest BCUT2D eigenvalue weighted by atomic mass is 10.1. The van der Waals surface area contributed by atoms with Crippen LogP contribution in [-0.2, 0) is 6.42 Å². The Kier molecular flexibility index (Phi) is 6.10. The van der Waals surface area contributed by atoms with Gasteiger partial charge in [0.1, 0.15) is 0 Å². The van der Waals surface area contributed by atoms with E-state index in [1.54, 1.807) is 0 Å². The maximum absolute atomic E-state index is 3.59. The summed E-state index contributed by atoms with van der Waals surface area (Å²) < 4.78 is 1.20. The van der Waals surface area contributed by atoms with Crippen molar-refractivity contribution in [1.29, 1.82) is 0 Å². The highest BCUT2D eigenvalue weighted by Crippen LogP contribution is 2.19. The molecule has 0 atom stereocenters. The highest BCUT2D eigenvalue weighted by Gasteiger charge is 2.06. The molecule has 18 heavy (non-hydrogen) atoms. The van der Waals surface area contributed by atoms with Crippen molar-refractivity contribution in [2.24, 2.45) is 0 Å². The van der Waals surface area contributed by atoms with Crippen molar-refractivity contribution in [3.8, 4) is 0 Å². The summed E-state index contributed by atoms with van der Waals surface area (Å²) in [7, 11) is 0. The summed E-state index contributed by atoms with van der Waals surface area (Å²) in [4.78, 5) is 0. The number of rotatable bonds is 5.